The average molecular weight is 421 g/mol. The van der Waals surface area contributed by atoms with Crippen molar-refractivity contribution in [1.29, 1.82) is 0 Å². The Labute approximate surface area is 170 Å². The summed E-state index contributed by atoms with van der Waals surface area (Å²) in [6.07, 6.45) is 2.72. The van der Waals surface area contributed by atoms with E-state index in [-0.39, 0.29) is 16.0 Å². The van der Waals surface area contributed by atoms with E-state index in [1.54, 1.807) is 6.07 Å². The predicted octanol–water partition coefficient (Wildman–Crippen LogP) is 6.07. The molecule has 0 atom stereocenters. The van der Waals surface area contributed by atoms with E-state index in [9.17, 15) is 9.90 Å². The highest BCUT2D eigenvalue weighted by Gasteiger charge is 2.31. The molecule has 0 aliphatic heterocycles. The van der Waals surface area contributed by atoms with Crippen molar-refractivity contribution in [2.24, 2.45) is 5.41 Å². The SMILES string of the molecule is CC1(C)CCc2c(nc3sc(C(=O)O)c(N)c3c2-c2ccc(Cl)c(Cl)c2)C1. The highest BCUT2D eigenvalue weighted by atomic mass is 35.5. The lowest BCUT2D eigenvalue weighted by Crippen LogP contribution is -2.23. The van der Waals surface area contributed by atoms with E-state index in [1.807, 2.05) is 12.1 Å². The number of hydrogen-bond acceptors (Lipinski definition) is 4. The molecule has 7 heteroatoms. The maximum Gasteiger partial charge on any atom is 0.348 e. The van der Waals surface area contributed by atoms with Gasteiger partial charge in [0.15, 0.2) is 0 Å². The van der Waals surface area contributed by atoms with Gasteiger partial charge in [-0.15, -0.1) is 11.3 Å². The minimum absolute atomic E-state index is 0.125. The van der Waals surface area contributed by atoms with Crippen molar-refractivity contribution >= 4 is 56.4 Å². The maximum absolute atomic E-state index is 11.6. The van der Waals surface area contributed by atoms with E-state index in [2.05, 4.69) is 13.8 Å². The summed E-state index contributed by atoms with van der Waals surface area (Å²) in [5.74, 6) is -1.03. The normalized spacial score (nSPS) is 15.7. The number of aromatic nitrogens is 1. The second kappa shape index (κ2) is 6.36. The summed E-state index contributed by atoms with van der Waals surface area (Å²) in [5, 5.41) is 11.2. The van der Waals surface area contributed by atoms with Crippen LogP contribution in [0.1, 0.15) is 41.2 Å². The predicted molar refractivity (Wildman–Crippen MR) is 112 cm³/mol. The van der Waals surface area contributed by atoms with Crippen molar-refractivity contribution < 1.29 is 9.90 Å². The van der Waals surface area contributed by atoms with Gasteiger partial charge in [-0.25, -0.2) is 9.78 Å². The Morgan fingerprint density at radius 3 is 2.70 bits per heavy atom. The highest BCUT2D eigenvalue weighted by Crippen LogP contribution is 2.46. The largest absolute Gasteiger partial charge is 0.477 e. The average Bonchev–Trinajstić information content (AvgIpc) is 2.91. The molecule has 2 heterocycles. The molecule has 4 nitrogen and oxygen atoms in total. The summed E-state index contributed by atoms with van der Waals surface area (Å²) < 4.78 is 0. The third-order valence-corrected chi connectivity index (χ3v) is 6.99. The van der Waals surface area contributed by atoms with Gasteiger partial charge in [-0.2, -0.15) is 0 Å². The van der Waals surface area contributed by atoms with Gasteiger partial charge in [-0.1, -0.05) is 43.1 Å². The molecule has 140 valence electrons. The van der Waals surface area contributed by atoms with Gasteiger partial charge < -0.3 is 10.8 Å². The van der Waals surface area contributed by atoms with Crippen LogP contribution in [0.4, 0.5) is 5.69 Å². The lowest BCUT2D eigenvalue weighted by molar-refractivity contribution is 0.0703. The monoisotopic (exact) mass is 420 g/mol. The van der Waals surface area contributed by atoms with Gasteiger partial charge in [0.05, 0.1) is 15.7 Å². The molecular formula is C20H18Cl2N2O2S. The number of pyridine rings is 1. The number of aromatic carboxylic acids is 1. The van der Waals surface area contributed by atoms with Crippen LogP contribution in [-0.4, -0.2) is 16.1 Å². The number of thiophene rings is 1. The van der Waals surface area contributed by atoms with Crippen LogP contribution in [0.2, 0.25) is 10.0 Å². The fourth-order valence-corrected chi connectivity index (χ4v) is 5.05. The zero-order valence-corrected chi connectivity index (χ0v) is 17.2. The number of benzene rings is 1. The first-order chi connectivity index (χ1) is 12.7. The van der Waals surface area contributed by atoms with E-state index in [0.717, 1.165) is 53.0 Å². The second-order valence-electron chi connectivity index (χ2n) is 7.71. The molecule has 0 radical (unpaired) electrons. The Hall–Kier alpha value is -1.82. The van der Waals surface area contributed by atoms with Crippen LogP contribution in [0.15, 0.2) is 18.2 Å². The van der Waals surface area contributed by atoms with Crippen LogP contribution in [0.5, 0.6) is 0 Å². The number of rotatable bonds is 2. The lowest BCUT2D eigenvalue weighted by Gasteiger charge is -2.32. The standard InChI is InChI=1S/C20H18Cl2N2O2S/c1-20(2)6-5-10-13(8-20)24-18-15(16(23)17(27-18)19(25)26)14(10)9-3-4-11(21)12(22)7-9/h3-4,7H,5-6,8,23H2,1-2H3,(H,25,26). The number of carbonyl (C=O) groups is 1. The summed E-state index contributed by atoms with van der Waals surface area (Å²) in [4.78, 5) is 17.2. The summed E-state index contributed by atoms with van der Waals surface area (Å²) in [7, 11) is 0. The molecule has 0 bridgehead atoms. The van der Waals surface area contributed by atoms with Crippen molar-refractivity contribution in [2.45, 2.75) is 33.1 Å². The Kier molecular flexibility index (Phi) is 4.37. The minimum Gasteiger partial charge on any atom is -0.477 e. The zero-order valence-electron chi connectivity index (χ0n) is 14.9. The van der Waals surface area contributed by atoms with Crippen LogP contribution >= 0.6 is 34.5 Å². The molecular weight excluding hydrogens is 403 g/mol. The van der Waals surface area contributed by atoms with E-state index >= 15 is 0 Å². The number of hydrogen-bond donors (Lipinski definition) is 2. The van der Waals surface area contributed by atoms with Crippen LogP contribution in [0, 0.1) is 5.41 Å². The van der Waals surface area contributed by atoms with E-state index in [4.69, 9.17) is 33.9 Å². The van der Waals surface area contributed by atoms with Gasteiger partial charge in [0.2, 0.25) is 0 Å². The molecule has 3 aromatic rings. The minimum atomic E-state index is -1.03. The lowest BCUT2D eigenvalue weighted by atomic mass is 9.74. The van der Waals surface area contributed by atoms with Gasteiger partial charge in [0, 0.05) is 11.1 Å². The molecule has 3 N–H and O–H groups in total. The van der Waals surface area contributed by atoms with Gasteiger partial charge in [0.25, 0.3) is 0 Å². The van der Waals surface area contributed by atoms with Crippen LogP contribution in [-0.2, 0) is 12.8 Å². The molecule has 2 aromatic heterocycles. The summed E-state index contributed by atoms with van der Waals surface area (Å²) in [5.41, 5.74) is 10.6. The van der Waals surface area contributed by atoms with Crippen LogP contribution in [0.3, 0.4) is 0 Å². The fraction of sp³-hybridized carbons (Fsp3) is 0.300. The highest BCUT2D eigenvalue weighted by molar-refractivity contribution is 7.21. The summed E-state index contributed by atoms with van der Waals surface area (Å²) in [6.45, 7) is 4.46. The first-order valence-electron chi connectivity index (χ1n) is 8.60. The number of carboxylic acids is 1. The fourth-order valence-electron chi connectivity index (χ4n) is 3.79. The van der Waals surface area contributed by atoms with Crippen molar-refractivity contribution in [3.8, 4) is 11.1 Å². The van der Waals surface area contributed by atoms with Gasteiger partial charge >= 0.3 is 5.97 Å². The van der Waals surface area contributed by atoms with Crippen LogP contribution in [0.25, 0.3) is 21.3 Å². The third kappa shape index (κ3) is 3.08. The smallest absolute Gasteiger partial charge is 0.348 e. The molecule has 0 unspecified atom stereocenters. The quantitative estimate of drug-likeness (QED) is 0.527. The molecule has 0 amide bonds. The Bertz CT molecular complexity index is 1110. The first kappa shape index (κ1) is 18.5. The van der Waals surface area contributed by atoms with Crippen molar-refractivity contribution in [1.82, 2.24) is 4.98 Å². The molecule has 0 saturated heterocycles. The number of nitrogens with zero attached hydrogens (tertiary/aromatic N) is 1. The molecule has 27 heavy (non-hydrogen) atoms. The molecule has 4 rings (SSSR count). The van der Waals surface area contributed by atoms with E-state index in [0.29, 0.717) is 20.3 Å². The van der Waals surface area contributed by atoms with Gasteiger partial charge in [-0.05, 0) is 53.5 Å². The topological polar surface area (TPSA) is 76.2 Å². The number of fused-ring (bicyclic) bond motifs is 2. The number of nitrogen functional groups attached to an aromatic ring is 1. The number of carboxylic acid groups (broad SMARTS) is 1. The molecule has 0 spiro atoms. The number of nitrogens with two attached hydrogens (primary N) is 1. The van der Waals surface area contributed by atoms with Crippen molar-refractivity contribution in [3.05, 3.63) is 44.4 Å². The third-order valence-electron chi connectivity index (χ3n) is 5.16. The number of halogens is 2. The molecule has 0 saturated carbocycles. The Morgan fingerprint density at radius 1 is 1.30 bits per heavy atom. The van der Waals surface area contributed by atoms with Gasteiger partial charge in [0.1, 0.15) is 9.71 Å². The second-order valence-corrected chi connectivity index (χ2v) is 9.53. The zero-order chi connectivity index (χ0) is 19.5. The summed E-state index contributed by atoms with van der Waals surface area (Å²) in [6, 6.07) is 5.47. The Morgan fingerprint density at radius 2 is 2.04 bits per heavy atom. The number of anilines is 1. The molecule has 0 fully saturated rings. The summed E-state index contributed by atoms with van der Waals surface area (Å²) >= 11 is 13.5. The molecule has 1 aliphatic carbocycles. The van der Waals surface area contributed by atoms with Crippen molar-refractivity contribution in [3.63, 3.8) is 0 Å². The molecule has 1 aliphatic rings. The van der Waals surface area contributed by atoms with Gasteiger partial charge in [-0.3, -0.25) is 0 Å². The van der Waals surface area contributed by atoms with E-state index < -0.39 is 5.97 Å². The molecule has 1 aromatic carbocycles. The maximum atomic E-state index is 11.6. The Balaban J connectivity index is 2.10. The van der Waals surface area contributed by atoms with Crippen LogP contribution < -0.4 is 5.73 Å². The first-order valence-corrected chi connectivity index (χ1v) is 10.2. The van der Waals surface area contributed by atoms with Crippen molar-refractivity contribution in [2.75, 3.05) is 5.73 Å². The van der Waals surface area contributed by atoms with E-state index in [1.165, 1.54) is 0 Å².